The van der Waals surface area contributed by atoms with Crippen molar-refractivity contribution in [3.05, 3.63) is 0 Å². The summed E-state index contributed by atoms with van der Waals surface area (Å²) in [5, 5.41) is 3.82. The van der Waals surface area contributed by atoms with Crippen molar-refractivity contribution < 1.29 is 0 Å². The van der Waals surface area contributed by atoms with E-state index >= 15 is 0 Å². The van der Waals surface area contributed by atoms with Crippen molar-refractivity contribution in [3.8, 4) is 0 Å². The predicted octanol–water partition coefficient (Wildman–Crippen LogP) is 3.91. The van der Waals surface area contributed by atoms with Gasteiger partial charge in [0.2, 0.25) is 0 Å². The maximum Gasteiger partial charge on any atom is 0.0159 e. The van der Waals surface area contributed by atoms with Crippen molar-refractivity contribution in [2.45, 2.75) is 78.8 Å². The summed E-state index contributed by atoms with van der Waals surface area (Å²) in [6, 6.07) is 0.683. The fraction of sp³-hybridized carbons (Fsp3) is 1.00. The molecular weight excluding hydrogens is 232 g/mol. The monoisotopic (exact) mass is 268 g/mol. The first-order chi connectivity index (χ1) is 8.74. The molecule has 0 amide bonds. The largest absolute Gasteiger partial charge is 0.313 e. The van der Waals surface area contributed by atoms with E-state index in [0.29, 0.717) is 17.0 Å². The van der Waals surface area contributed by atoms with Crippen LogP contribution in [0, 0.1) is 11.3 Å². The molecule has 0 aliphatic heterocycles. The van der Waals surface area contributed by atoms with Gasteiger partial charge in [-0.1, -0.05) is 27.7 Å². The van der Waals surface area contributed by atoms with Gasteiger partial charge in [-0.2, -0.15) is 0 Å². The van der Waals surface area contributed by atoms with E-state index in [1.165, 1.54) is 32.2 Å². The fourth-order valence-corrected chi connectivity index (χ4v) is 3.33. The van der Waals surface area contributed by atoms with Crippen LogP contribution in [0.4, 0.5) is 0 Å². The Labute approximate surface area is 121 Å². The summed E-state index contributed by atoms with van der Waals surface area (Å²) in [7, 11) is 2.30. The van der Waals surface area contributed by atoms with Gasteiger partial charge in [0.1, 0.15) is 0 Å². The minimum Gasteiger partial charge on any atom is -0.313 e. The molecule has 0 aromatic heterocycles. The van der Waals surface area contributed by atoms with E-state index in [1.807, 2.05) is 0 Å². The zero-order chi connectivity index (χ0) is 14.7. The smallest absolute Gasteiger partial charge is 0.0159 e. The normalized spacial score (nSPS) is 27.2. The van der Waals surface area contributed by atoms with Gasteiger partial charge < -0.3 is 10.2 Å². The second-order valence-corrected chi connectivity index (χ2v) is 7.77. The number of hydrogen-bond donors (Lipinski definition) is 1. The van der Waals surface area contributed by atoms with Gasteiger partial charge in [-0.15, -0.1) is 0 Å². The average molecular weight is 268 g/mol. The van der Waals surface area contributed by atoms with Gasteiger partial charge in [0.05, 0.1) is 0 Å². The summed E-state index contributed by atoms with van der Waals surface area (Å²) in [6.07, 6.45) is 5.18. The van der Waals surface area contributed by atoms with Crippen molar-refractivity contribution >= 4 is 0 Å². The molecule has 1 aliphatic carbocycles. The molecule has 1 aliphatic rings. The average Bonchev–Trinajstić information content (AvgIpc) is 2.62. The second-order valence-electron chi connectivity index (χ2n) is 7.77. The third kappa shape index (κ3) is 4.19. The zero-order valence-electron chi connectivity index (χ0n) is 14.3. The van der Waals surface area contributed by atoms with Gasteiger partial charge in [-0.25, -0.2) is 0 Å². The van der Waals surface area contributed by atoms with Gasteiger partial charge >= 0.3 is 0 Å². The fourth-order valence-electron chi connectivity index (χ4n) is 3.33. The standard InChI is InChI=1S/C17H36N2/c1-8-12-18-15-14(10-11-16(15,3)4)13-19(7)17(5,6)9-2/h14-15,18H,8-13H2,1-7H3. The van der Waals surface area contributed by atoms with E-state index in [2.05, 4.69) is 58.8 Å². The Balaban J connectivity index is 2.66. The van der Waals surface area contributed by atoms with E-state index < -0.39 is 0 Å². The first-order valence-electron chi connectivity index (χ1n) is 8.19. The summed E-state index contributed by atoms with van der Waals surface area (Å²) in [5.74, 6) is 0.803. The SMILES string of the molecule is CCCNC1C(CN(C)C(C)(C)CC)CCC1(C)C. The van der Waals surface area contributed by atoms with Crippen LogP contribution in [0.1, 0.15) is 67.2 Å². The Hall–Kier alpha value is -0.0800. The van der Waals surface area contributed by atoms with Crippen molar-refractivity contribution in [3.63, 3.8) is 0 Å². The molecular formula is C17H36N2. The van der Waals surface area contributed by atoms with Gasteiger partial charge in [-0.3, -0.25) is 0 Å². The molecule has 0 aromatic rings. The molecule has 1 N–H and O–H groups in total. The van der Waals surface area contributed by atoms with Crippen molar-refractivity contribution in [1.29, 1.82) is 0 Å². The third-order valence-corrected chi connectivity index (χ3v) is 5.49. The van der Waals surface area contributed by atoms with Crippen LogP contribution in [-0.2, 0) is 0 Å². The van der Waals surface area contributed by atoms with Crippen LogP contribution in [0.3, 0.4) is 0 Å². The van der Waals surface area contributed by atoms with Gasteiger partial charge in [-0.05, 0) is 64.5 Å². The van der Waals surface area contributed by atoms with Crippen LogP contribution >= 0.6 is 0 Å². The van der Waals surface area contributed by atoms with Crippen LogP contribution in [0.15, 0.2) is 0 Å². The Morgan fingerprint density at radius 3 is 2.42 bits per heavy atom. The zero-order valence-corrected chi connectivity index (χ0v) is 14.3. The summed E-state index contributed by atoms with van der Waals surface area (Å²) in [4.78, 5) is 2.57. The molecule has 1 saturated carbocycles. The topological polar surface area (TPSA) is 15.3 Å². The quantitative estimate of drug-likeness (QED) is 0.753. The number of rotatable bonds is 7. The molecule has 0 aromatic carbocycles. The molecule has 1 rings (SSSR count). The molecule has 0 bridgehead atoms. The van der Waals surface area contributed by atoms with E-state index in [1.54, 1.807) is 0 Å². The number of nitrogens with one attached hydrogen (secondary N) is 1. The lowest BCUT2D eigenvalue weighted by Gasteiger charge is -2.39. The van der Waals surface area contributed by atoms with E-state index in [0.717, 1.165) is 12.5 Å². The number of hydrogen-bond acceptors (Lipinski definition) is 2. The Bertz CT molecular complexity index is 270. The minimum atomic E-state index is 0.321. The summed E-state index contributed by atoms with van der Waals surface area (Å²) < 4.78 is 0. The van der Waals surface area contributed by atoms with Crippen molar-refractivity contribution in [2.75, 3.05) is 20.1 Å². The van der Waals surface area contributed by atoms with Crippen LogP contribution in [0.25, 0.3) is 0 Å². The molecule has 2 nitrogen and oxygen atoms in total. The second kappa shape index (κ2) is 6.58. The summed E-state index contributed by atoms with van der Waals surface area (Å²) in [6.45, 7) is 16.5. The highest BCUT2D eigenvalue weighted by atomic mass is 15.2. The molecule has 2 unspecified atom stereocenters. The Morgan fingerprint density at radius 1 is 1.26 bits per heavy atom. The van der Waals surface area contributed by atoms with Crippen molar-refractivity contribution in [2.24, 2.45) is 11.3 Å². The Morgan fingerprint density at radius 2 is 1.89 bits per heavy atom. The van der Waals surface area contributed by atoms with E-state index in [9.17, 15) is 0 Å². The maximum atomic E-state index is 3.82. The molecule has 0 saturated heterocycles. The predicted molar refractivity (Wildman–Crippen MR) is 85.6 cm³/mol. The molecule has 0 radical (unpaired) electrons. The molecule has 1 fully saturated rings. The van der Waals surface area contributed by atoms with Crippen LogP contribution in [0.2, 0.25) is 0 Å². The lowest BCUT2D eigenvalue weighted by molar-refractivity contribution is 0.112. The first-order valence-corrected chi connectivity index (χ1v) is 8.19. The summed E-state index contributed by atoms with van der Waals surface area (Å²) in [5.41, 5.74) is 0.777. The van der Waals surface area contributed by atoms with Gasteiger partial charge in [0.25, 0.3) is 0 Å². The lowest BCUT2D eigenvalue weighted by atomic mass is 9.84. The molecule has 114 valence electrons. The molecule has 0 spiro atoms. The highest BCUT2D eigenvalue weighted by Crippen LogP contribution is 2.42. The molecule has 19 heavy (non-hydrogen) atoms. The number of nitrogens with zero attached hydrogens (tertiary/aromatic N) is 1. The first kappa shape index (κ1) is 17.0. The van der Waals surface area contributed by atoms with Crippen molar-refractivity contribution in [1.82, 2.24) is 10.2 Å². The molecule has 2 atom stereocenters. The maximum absolute atomic E-state index is 3.82. The van der Waals surface area contributed by atoms with E-state index in [-0.39, 0.29) is 0 Å². The van der Waals surface area contributed by atoms with Crippen LogP contribution in [0.5, 0.6) is 0 Å². The van der Waals surface area contributed by atoms with Crippen LogP contribution < -0.4 is 5.32 Å². The third-order valence-electron chi connectivity index (χ3n) is 5.49. The summed E-state index contributed by atoms with van der Waals surface area (Å²) >= 11 is 0. The van der Waals surface area contributed by atoms with Gasteiger partial charge in [0, 0.05) is 18.1 Å². The minimum absolute atomic E-state index is 0.321. The van der Waals surface area contributed by atoms with Crippen LogP contribution in [-0.4, -0.2) is 36.6 Å². The molecule has 2 heteroatoms. The highest BCUT2D eigenvalue weighted by Gasteiger charge is 2.42. The van der Waals surface area contributed by atoms with E-state index in [4.69, 9.17) is 0 Å². The molecule has 0 heterocycles. The highest BCUT2D eigenvalue weighted by molar-refractivity contribution is 4.97. The lowest BCUT2D eigenvalue weighted by Crippen LogP contribution is -2.49. The van der Waals surface area contributed by atoms with Gasteiger partial charge in [0.15, 0.2) is 0 Å². The Kier molecular flexibility index (Phi) is 5.88.